The van der Waals surface area contributed by atoms with E-state index in [2.05, 4.69) is 10.3 Å². The van der Waals surface area contributed by atoms with Crippen LogP contribution >= 0.6 is 11.8 Å². The summed E-state index contributed by atoms with van der Waals surface area (Å²) in [7, 11) is 0. The first-order valence-electron chi connectivity index (χ1n) is 8.07. The molecule has 1 saturated carbocycles. The number of nitrogens with one attached hydrogen (secondary N) is 1. The number of aromatic nitrogens is 2. The summed E-state index contributed by atoms with van der Waals surface area (Å²) in [5.74, 6) is -0.0124. The molecule has 0 bridgehead atoms. The van der Waals surface area contributed by atoms with Crippen LogP contribution in [0.25, 0.3) is 10.9 Å². The van der Waals surface area contributed by atoms with Gasteiger partial charge in [-0.3, -0.25) is 14.2 Å². The van der Waals surface area contributed by atoms with Gasteiger partial charge in [0.05, 0.1) is 16.2 Å². The molecule has 1 aromatic carbocycles. The standard InChI is InChI=1S/C17H21N3O2S/c1-3-10-18-15(21)11(2)23-17-19-14-7-5-4-6-13(14)16(22)20(17)12-8-9-12/h4-7,11-12H,3,8-10H2,1-2H3,(H,18,21)/t11-/m0/s1. The summed E-state index contributed by atoms with van der Waals surface area (Å²) in [5.41, 5.74) is 0.694. The van der Waals surface area contributed by atoms with Crippen LogP contribution in [0.1, 0.15) is 39.2 Å². The van der Waals surface area contributed by atoms with E-state index in [9.17, 15) is 9.59 Å². The van der Waals surface area contributed by atoms with Crippen molar-refractivity contribution in [3.63, 3.8) is 0 Å². The first-order valence-corrected chi connectivity index (χ1v) is 8.95. The third-order valence-electron chi connectivity index (χ3n) is 3.89. The van der Waals surface area contributed by atoms with Gasteiger partial charge in [-0.25, -0.2) is 4.98 Å². The Morgan fingerprint density at radius 1 is 1.43 bits per heavy atom. The second-order valence-corrected chi connectivity index (χ2v) is 7.18. The van der Waals surface area contributed by atoms with Crippen LogP contribution in [0.4, 0.5) is 0 Å². The quantitative estimate of drug-likeness (QED) is 0.653. The number of rotatable bonds is 6. The normalized spacial score (nSPS) is 15.6. The molecular weight excluding hydrogens is 310 g/mol. The minimum Gasteiger partial charge on any atom is -0.355 e. The molecule has 1 aliphatic carbocycles. The lowest BCUT2D eigenvalue weighted by Gasteiger charge is -2.15. The number of fused-ring (bicyclic) bond motifs is 1. The molecular formula is C17H21N3O2S. The van der Waals surface area contributed by atoms with Gasteiger partial charge in [-0.1, -0.05) is 30.8 Å². The number of nitrogens with zero attached hydrogens (tertiary/aromatic N) is 2. The molecule has 1 aromatic heterocycles. The summed E-state index contributed by atoms with van der Waals surface area (Å²) in [6.45, 7) is 4.55. The zero-order chi connectivity index (χ0) is 16.4. The molecule has 1 heterocycles. The Bertz CT molecular complexity index is 783. The van der Waals surface area contributed by atoms with E-state index in [1.807, 2.05) is 38.1 Å². The molecule has 23 heavy (non-hydrogen) atoms. The fraction of sp³-hybridized carbons (Fsp3) is 0.471. The molecule has 0 radical (unpaired) electrons. The van der Waals surface area contributed by atoms with Crippen molar-refractivity contribution in [2.45, 2.75) is 49.6 Å². The Morgan fingerprint density at radius 2 is 2.17 bits per heavy atom. The van der Waals surface area contributed by atoms with Crippen LogP contribution in [-0.2, 0) is 4.79 Å². The summed E-state index contributed by atoms with van der Waals surface area (Å²) in [6.07, 6.45) is 2.91. The highest BCUT2D eigenvalue weighted by Crippen LogP contribution is 2.37. The smallest absolute Gasteiger partial charge is 0.262 e. The largest absolute Gasteiger partial charge is 0.355 e. The Kier molecular flexibility index (Phi) is 4.71. The van der Waals surface area contributed by atoms with Gasteiger partial charge in [0.2, 0.25) is 5.91 Å². The molecule has 2 aromatic rings. The van der Waals surface area contributed by atoms with Crippen molar-refractivity contribution in [3.8, 4) is 0 Å². The van der Waals surface area contributed by atoms with Gasteiger partial charge < -0.3 is 5.32 Å². The summed E-state index contributed by atoms with van der Waals surface area (Å²) in [5, 5.41) is 3.91. The van der Waals surface area contributed by atoms with Crippen molar-refractivity contribution < 1.29 is 4.79 Å². The van der Waals surface area contributed by atoms with Crippen LogP contribution in [0.3, 0.4) is 0 Å². The molecule has 5 nitrogen and oxygen atoms in total. The molecule has 0 aliphatic heterocycles. The number of para-hydroxylation sites is 1. The van der Waals surface area contributed by atoms with Crippen molar-refractivity contribution in [2.24, 2.45) is 0 Å². The Morgan fingerprint density at radius 3 is 2.87 bits per heavy atom. The summed E-state index contributed by atoms with van der Waals surface area (Å²) < 4.78 is 1.77. The first-order chi connectivity index (χ1) is 11.1. The van der Waals surface area contributed by atoms with E-state index in [-0.39, 0.29) is 22.8 Å². The van der Waals surface area contributed by atoms with Crippen LogP contribution in [-0.4, -0.2) is 27.3 Å². The monoisotopic (exact) mass is 331 g/mol. The first kappa shape index (κ1) is 16.1. The lowest BCUT2D eigenvalue weighted by atomic mass is 10.2. The van der Waals surface area contributed by atoms with Crippen LogP contribution in [0, 0.1) is 0 Å². The second kappa shape index (κ2) is 6.74. The van der Waals surface area contributed by atoms with Crippen molar-refractivity contribution in [1.29, 1.82) is 0 Å². The maximum atomic E-state index is 12.8. The van der Waals surface area contributed by atoms with Crippen LogP contribution < -0.4 is 10.9 Å². The molecule has 0 unspecified atom stereocenters. The fourth-order valence-electron chi connectivity index (χ4n) is 2.47. The molecule has 0 saturated heterocycles. The molecule has 6 heteroatoms. The summed E-state index contributed by atoms with van der Waals surface area (Å²) in [6, 6.07) is 7.63. The number of hydrogen-bond acceptors (Lipinski definition) is 4. The Hall–Kier alpha value is -1.82. The van der Waals surface area contributed by atoms with E-state index < -0.39 is 0 Å². The van der Waals surface area contributed by atoms with Gasteiger partial charge in [0.15, 0.2) is 5.16 Å². The zero-order valence-corrected chi connectivity index (χ0v) is 14.2. The van der Waals surface area contributed by atoms with Crippen molar-refractivity contribution >= 4 is 28.6 Å². The third kappa shape index (κ3) is 3.42. The van der Waals surface area contributed by atoms with E-state index in [1.165, 1.54) is 11.8 Å². The number of hydrogen-bond donors (Lipinski definition) is 1. The average molecular weight is 331 g/mol. The summed E-state index contributed by atoms with van der Waals surface area (Å²) in [4.78, 5) is 29.5. The van der Waals surface area contributed by atoms with Gasteiger partial charge in [0, 0.05) is 12.6 Å². The highest BCUT2D eigenvalue weighted by atomic mass is 32.2. The van der Waals surface area contributed by atoms with Crippen molar-refractivity contribution in [3.05, 3.63) is 34.6 Å². The molecule has 3 rings (SSSR count). The minimum atomic E-state index is -0.278. The van der Waals surface area contributed by atoms with E-state index in [1.54, 1.807) is 4.57 Å². The molecule has 1 atom stereocenters. The third-order valence-corrected chi connectivity index (χ3v) is 4.95. The van der Waals surface area contributed by atoms with Gasteiger partial charge >= 0.3 is 0 Å². The van der Waals surface area contributed by atoms with Gasteiger partial charge in [0.25, 0.3) is 5.56 Å². The average Bonchev–Trinajstić information content (AvgIpc) is 3.37. The number of carbonyl (C=O) groups excluding carboxylic acids is 1. The SMILES string of the molecule is CCCNC(=O)[C@H](C)Sc1nc2ccccc2c(=O)n1C1CC1. The van der Waals surface area contributed by atoms with E-state index in [0.29, 0.717) is 22.6 Å². The van der Waals surface area contributed by atoms with Crippen LogP contribution in [0.15, 0.2) is 34.2 Å². The molecule has 1 fully saturated rings. The van der Waals surface area contributed by atoms with Gasteiger partial charge in [-0.15, -0.1) is 0 Å². The highest BCUT2D eigenvalue weighted by molar-refractivity contribution is 8.00. The number of amides is 1. The number of thioether (sulfide) groups is 1. The second-order valence-electron chi connectivity index (χ2n) is 5.87. The van der Waals surface area contributed by atoms with Gasteiger partial charge in [-0.2, -0.15) is 0 Å². The maximum Gasteiger partial charge on any atom is 0.262 e. The Labute approximate surface area is 139 Å². The number of carbonyl (C=O) groups is 1. The van der Waals surface area contributed by atoms with E-state index in [0.717, 1.165) is 19.3 Å². The Balaban J connectivity index is 1.95. The number of benzene rings is 1. The highest BCUT2D eigenvalue weighted by Gasteiger charge is 2.29. The fourth-order valence-corrected chi connectivity index (χ4v) is 3.47. The van der Waals surface area contributed by atoms with E-state index >= 15 is 0 Å². The van der Waals surface area contributed by atoms with Gasteiger partial charge in [0.1, 0.15) is 0 Å². The molecule has 1 N–H and O–H groups in total. The van der Waals surface area contributed by atoms with Crippen LogP contribution in [0.5, 0.6) is 0 Å². The van der Waals surface area contributed by atoms with Crippen molar-refractivity contribution in [2.75, 3.05) is 6.54 Å². The van der Waals surface area contributed by atoms with Crippen molar-refractivity contribution in [1.82, 2.24) is 14.9 Å². The lowest BCUT2D eigenvalue weighted by molar-refractivity contribution is -0.120. The molecule has 0 spiro atoms. The van der Waals surface area contributed by atoms with Crippen LogP contribution in [0.2, 0.25) is 0 Å². The maximum absolute atomic E-state index is 12.8. The molecule has 1 aliphatic rings. The predicted molar refractivity (Wildman–Crippen MR) is 92.9 cm³/mol. The van der Waals surface area contributed by atoms with E-state index in [4.69, 9.17) is 0 Å². The summed E-state index contributed by atoms with van der Waals surface area (Å²) >= 11 is 1.37. The lowest BCUT2D eigenvalue weighted by Crippen LogP contribution is -2.32. The molecule has 122 valence electrons. The topological polar surface area (TPSA) is 64.0 Å². The van der Waals surface area contributed by atoms with Gasteiger partial charge in [-0.05, 0) is 38.3 Å². The molecule has 1 amide bonds. The predicted octanol–water partition coefficient (Wildman–Crippen LogP) is 2.74. The zero-order valence-electron chi connectivity index (χ0n) is 13.4. The minimum absolute atomic E-state index is 0.00164.